The third kappa shape index (κ3) is 3.89. The van der Waals surface area contributed by atoms with Crippen LogP contribution in [0.15, 0.2) is 77.4 Å². The molecule has 6 rings (SSSR count). The summed E-state index contributed by atoms with van der Waals surface area (Å²) in [6, 6.07) is 22.1. The molecule has 7 nitrogen and oxygen atoms in total. The monoisotopic (exact) mass is 472 g/mol. The summed E-state index contributed by atoms with van der Waals surface area (Å²) in [7, 11) is 0. The SMILES string of the molecule is Cl.O=C(O)C1CN(Cc2ccc(-c3noc(-c4cnc5ccccc5c4)n3)c3ccccc23)C1. The fraction of sp³-hybridized carbons (Fsp3) is 0.154. The number of para-hydroxylation sites is 1. The predicted octanol–water partition coefficient (Wildman–Crippen LogP) is 5.04. The molecule has 1 fully saturated rings. The number of hydrogen-bond donors (Lipinski definition) is 1. The lowest BCUT2D eigenvalue weighted by Crippen LogP contribution is -2.49. The van der Waals surface area contributed by atoms with Gasteiger partial charge in [0.15, 0.2) is 0 Å². The Hall–Kier alpha value is -3.81. The molecular formula is C26H21ClN4O3. The molecule has 1 aliphatic rings. The summed E-state index contributed by atoms with van der Waals surface area (Å²) in [6.45, 7) is 1.88. The Morgan fingerprint density at radius 2 is 1.79 bits per heavy atom. The molecule has 0 unspecified atom stereocenters. The second-order valence-corrected chi connectivity index (χ2v) is 8.39. The van der Waals surface area contributed by atoms with E-state index in [4.69, 9.17) is 9.63 Å². The topological polar surface area (TPSA) is 92.3 Å². The molecule has 3 aromatic carbocycles. The van der Waals surface area contributed by atoms with Crippen LogP contribution in [0.1, 0.15) is 5.56 Å². The van der Waals surface area contributed by atoms with Crippen molar-refractivity contribution in [2.24, 2.45) is 5.92 Å². The Bertz CT molecular complexity index is 1510. The van der Waals surface area contributed by atoms with Gasteiger partial charge >= 0.3 is 5.97 Å². The van der Waals surface area contributed by atoms with Crippen molar-refractivity contribution in [2.75, 3.05) is 13.1 Å². The highest BCUT2D eigenvalue weighted by Crippen LogP contribution is 2.32. The quantitative estimate of drug-likeness (QED) is 0.383. The number of pyridine rings is 1. The Balaban J connectivity index is 0.00000241. The van der Waals surface area contributed by atoms with Crippen LogP contribution in [-0.2, 0) is 11.3 Å². The number of halogens is 1. The van der Waals surface area contributed by atoms with Gasteiger partial charge in [0.2, 0.25) is 5.82 Å². The van der Waals surface area contributed by atoms with Crippen LogP contribution in [0.3, 0.4) is 0 Å². The number of carbonyl (C=O) groups is 1. The first-order valence-electron chi connectivity index (χ1n) is 10.8. The summed E-state index contributed by atoms with van der Waals surface area (Å²) in [5.41, 5.74) is 3.74. The average molecular weight is 473 g/mol. The summed E-state index contributed by atoms with van der Waals surface area (Å²) in [6.07, 6.45) is 1.75. The smallest absolute Gasteiger partial charge is 0.309 e. The van der Waals surface area contributed by atoms with Crippen molar-refractivity contribution in [1.82, 2.24) is 20.0 Å². The van der Waals surface area contributed by atoms with Crippen LogP contribution in [0, 0.1) is 5.92 Å². The first-order chi connectivity index (χ1) is 16.2. The lowest BCUT2D eigenvalue weighted by molar-refractivity contribution is -0.147. The van der Waals surface area contributed by atoms with Crippen molar-refractivity contribution >= 4 is 40.1 Å². The number of fused-ring (bicyclic) bond motifs is 2. The highest BCUT2D eigenvalue weighted by atomic mass is 35.5. The molecule has 1 N–H and O–H groups in total. The van der Waals surface area contributed by atoms with Crippen LogP contribution >= 0.6 is 12.4 Å². The summed E-state index contributed by atoms with van der Waals surface area (Å²) in [5.74, 6) is -0.0358. The van der Waals surface area contributed by atoms with Gasteiger partial charge in [0, 0.05) is 36.8 Å². The minimum Gasteiger partial charge on any atom is -0.481 e. The number of carboxylic acids is 1. The van der Waals surface area contributed by atoms with Crippen molar-refractivity contribution in [3.63, 3.8) is 0 Å². The predicted molar refractivity (Wildman–Crippen MR) is 132 cm³/mol. The molecule has 0 saturated carbocycles. The number of aliphatic carboxylic acids is 1. The lowest BCUT2D eigenvalue weighted by Gasteiger charge is -2.36. The minimum absolute atomic E-state index is 0. The van der Waals surface area contributed by atoms with E-state index in [1.807, 2.05) is 48.5 Å². The zero-order chi connectivity index (χ0) is 22.4. The normalized spacial score (nSPS) is 14.1. The van der Waals surface area contributed by atoms with E-state index in [2.05, 4.69) is 38.2 Å². The van der Waals surface area contributed by atoms with Crippen LogP contribution in [0.4, 0.5) is 0 Å². The van der Waals surface area contributed by atoms with Crippen LogP contribution in [0.2, 0.25) is 0 Å². The van der Waals surface area contributed by atoms with Crippen molar-refractivity contribution in [1.29, 1.82) is 0 Å². The van der Waals surface area contributed by atoms with Gasteiger partial charge in [0.1, 0.15) is 0 Å². The van der Waals surface area contributed by atoms with Gasteiger partial charge in [-0.15, -0.1) is 12.4 Å². The molecule has 170 valence electrons. The molecule has 0 radical (unpaired) electrons. The van der Waals surface area contributed by atoms with E-state index in [0.29, 0.717) is 31.3 Å². The molecule has 0 aliphatic carbocycles. The summed E-state index contributed by atoms with van der Waals surface area (Å²) >= 11 is 0. The maximum absolute atomic E-state index is 11.1. The van der Waals surface area contributed by atoms with Crippen LogP contribution in [-0.4, -0.2) is 44.2 Å². The van der Waals surface area contributed by atoms with E-state index in [0.717, 1.165) is 38.4 Å². The number of nitrogens with zero attached hydrogens (tertiary/aromatic N) is 4. The van der Waals surface area contributed by atoms with Gasteiger partial charge in [-0.2, -0.15) is 4.98 Å². The Morgan fingerprint density at radius 3 is 2.62 bits per heavy atom. The average Bonchev–Trinajstić information content (AvgIpc) is 3.30. The van der Waals surface area contributed by atoms with E-state index < -0.39 is 5.97 Å². The molecule has 0 spiro atoms. The third-order valence-electron chi connectivity index (χ3n) is 6.22. The standard InChI is InChI=1S/C26H20N4O3.ClH/c31-26(32)19-14-30(15-19)13-17-9-10-22(21-7-3-2-6-20(17)21)24-28-25(33-29-24)18-11-16-5-1-4-8-23(16)27-12-18;/h1-12,19H,13-15H2,(H,31,32);1H. The molecule has 1 saturated heterocycles. The summed E-state index contributed by atoms with van der Waals surface area (Å²) in [4.78, 5) is 22.4. The van der Waals surface area contributed by atoms with Crippen LogP contribution in [0.25, 0.3) is 44.5 Å². The van der Waals surface area contributed by atoms with Crippen molar-refractivity contribution in [2.45, 2.75) is 6.54 Å². The van der Waals surface area contributed by atoms with Gasteiger partial charge in [-0.3, -0.25) is 14.7 Å². The van der Waals surface area contributed by atoms with E-state index in [9.17, 15) is 4.79 Å². The van der Waals surface area contributed by atoms with Gasteiger partial charge in [-0.1, -0.05) is 59.8 Å². The molecule has 34 heavy (non-hydrogen) atoms. The maximum Gasteiger partial charge on any atom is 0.309 e. The first kappa shape index (κ1) is 22.0. The molecule has 8 heteroatoms. The van der Waals surface area contributed by atoms with Crippen molar-refractivity contribution < 1.29 is 14.4 Å². The van der Waals surface area contributed by atoms with E-state index >= 15 is 0 Å². The zero-order valence-electron chi connectivity index (χ0n) is 18.1. The van der Waals surface area contributed by atoms with Gasteiger partial charge in [-0.25, -0.2) is 0 Å². The summed E-state index contributed by atoms with van der Waals surface area (Å²) in [5, 5.41) is 16.5. The molecule has 0 amide bonds. The van der Waals surface area contributed by atoms with Crippen molar-refractivity contribution in [3.8, 4) is 22.8 Å². The molecule has 2 aromatic heterocycles. The lowest BCUT2D eigenvalue weighted by atomic mass is 9.95. The number of aromatic nitrogens is 3. The van der Waals surface area contributed by atoms with E-state index in [1.54, 1.807) is 6.20 Å². The molecule has 0 atom stereocenters. The Labute approximate surface area is 201 Å². The fourth-order valence-electron chi connectivity index (χ4n) is 4.43. The zero-order valence-corrected chi connectivity index (χ0v) is 18.9. The van der Waals surface area contributed by atoms with Gasteiger partial charge in [-0.05, 0) is 28.5 Å². The molecule has 0 bridgehead atoms. The third-order valence-corrected chi connectivity index (χ3v) is 6.22. The van der Waals surface area contributed by atoms with E-state index in [-0.39, 0.29) is 18.3 Å². The maximum atomic E-state index is 11.1. The van der Waals surface area contributed by atoms with E-state index in [1.165, 1.54) is 0 Å². The largest absolute Gasteiger partial charge is 0.481 e. The number of hydrogen-bond acceptors (Lipinski definition) is 6. The van der Waals surface area contributed by atoms with Crippen LogP contribution < -0.4 is 0 Å². The van der Waals surface area contributed by atoms with Gasteiger partial charge < -0.3 is 9.63 Å². The number of carboxylic acid groups (broad SMARTS) is 1. The Kier molecular flexibility index (Phi) is 5.73. The van der Waals surface area contributed by atoms with Gasteiger partial charge in [0.05, 0.1) is 17.0 Å². The second kappa shape index (κ2) is 8.85. The highest BCUT2D eigenvalue weighted by molar-refractivity contribution is 5.97. The number of likely N-dealkylation sites (tertiary alicyclic amines) is 1. The minimum atomic E-state index is -0.721. The number of rotatable bonds is 5. The molecule has 1 aliphatic heterocycles. The second-order valence-electron chi connectivity index (χ2n) is 8.39. The summed E-state index contributed by atoms with van der Waals surface area (Å²) < 4.78 is 5.59. The highest BCUT2D eigenvalue weighted by Gasteiger charge is 2.32. The molecule has 3 heterocycles. The fourth-order valence-corrected chi connectivity index (χ4v) is 4.43. The van der Waals surface area contributed by atoms with Crippen LogP contribution in [0.5, 0.6) is 0 Å². The van der Waals surface area contributed by atoms with Gasteiger partial charge in [0.25, 0.3) is 5.89 Å². The molecule has 5 aromatic rings. The Morgan fingerprint density at radius 1 is 1.03 bits per heavy atom. The number of benzene rings is 3. The first-order valence-corrected chi connectivity index (χ1v) is 10.8. The van der Waals surface area contributed by atoms with Crippen molar-refractivity contribution in [3.05, 3.63) is 78.5 Å². The molecular weight excluding hydrogens is 452 g/mol.